The molecule has 0 saturated carbocycles. The molecular formula is C26H24N2O4. The third-order valence-corrected chi connectivity index (χ3v) is 6.31. The van der Waals surface area contributed by atoms with Crippen LogP contribution in [-0.4, -0.2) is 25.0 Å². The van der Waals surface area contributed by atoms with Gasteiger partial charge in [-0.1, -0.05) is 36.4 Å². The second-order valence-electron chi connectivity index (χ2n) is 8.22. The molecule has 6 heteroatoms. The summed E-state index contributed by atoms with van der Waals surface area (Å²) in [6.07, 6.45) is -0.888. The third kappa shape index (κ3) is 3.15. The van der Waals surface area contributed by atoms with E-state index in [2.05, 4.69) is 0 Å². The zero-order chi connectivity index (χ0) is 22.4. The summed E-state index contributed by atoms with van der Waals surface area (Å²) in [7, 11) is 1.60. The quantitative estimate of drug-likeness (QED) is 0.578. The molecule has 3 aromatic carbocycles. The van der Waals surface area contributed by atoms with Gasteiger partial charge in [-0.3, -0.25) is 14.4 Å². The normalized spacial score (nSPS) is 22.4. The summed E-state index contributed by atoms with van der Waals surface area (Å²) in [6, 6.07) is 22.2. The molecule has 3 atom stereocenters. The lowest BCUT2D eigenvalue weighted by Crippen LogP contribution is -2.37. The summed E-state index contributed by atoms with van der Waals surface area (Å²) in [6.45, 7) is 3.97. The molecule has 6 nitrogen and oxygen atoms in total. The summed E-state index contributed by atoms with van der Waals surface area (Å²) in [5.74, 6) is -0.581. The first-order valence-electron chi connectivity index (χ1n) is 10.6. The van der Waals surface area contributed by atoms with Crippen LogP contribution in [0.4, 0.5) is 11.4 Å². The average Bonchev–Trinajstić information content (AvgIpc) is 3.32. The highest BCUT2D eigenvalue weighted by atomic mass is 16.7. The van der Waals surface area contributed by atoms with Crippen molar-refractivity contribution in [2.24, 2.45) is 5.92 Å². The average molecular weight is 428 g/mol. The molecule has 0 spiro atoms. The number of fused-ring (bicyclic) bond motifs is 1. The number of nitrogens with zero attached hydrogens (tertiary/aromatic N) is 2. The van der Waals surface area contributed by atoms with E-state index in [9.17, 15) is 9.59 Å². The van der Waals surface area contributed by atoms with Gasteiger partial charge in [0, 0.05) is 0 Å². The Hall–Kier alpha value is -3.64. The maximum Gasteiger partial charge on any atom is 0.266 e. The van der Waals surface area contributed by atoms with Gasteiger partial charge >= 0.3 is 0 Å². The minimum Gasteiger partial charge on any atom is -0.497 e. The Morgan fingerprint density at radius 3 is 2.31 bits per heavy atom. The fraction of sp³-hybridized carbons (Fsp3) is 0.231. The van der Waals surface area contributed by atoms with E-state index in [4.69, 9.17) is 9.57 Å². The maximum atomic E-state index is 13.7. The number of carbonyl (C=O) groups excluding carboxylic acids is 2. The number of ether oxygens (including phenoxy) is 1. The van der Waals surface area contributed by atoms with Gasteiger partial charge in [-0.25, -0.2) is 9.96 Å². The van der Waals surface area contributed by atoms with Crippen molar-refractivity contribution < 1.29 is 19.2 Å². The summed E-state index contributed by atoms with van der Waals surface area (Å²) in [5, 5.41) is 1.69. The smallest absolute Gasteiger partial charge is 0.266 e. The predicted octanol–water partition coefficient (Wildman–Crippen LogP) is 4.36. The number of aryl methyl sites for hydroxylation is 2. The molecule has 2 saturated heterocycles. The van der Waals surface area contributed by atoms with Crippen molar-refractivity contribution in [3.05, 3.63) is 89.5 Å². The predicted molar refractivity (Wildman–Crippen MR) is 121 cm³/mol. The lowest BCUT2D eigenvalue weighted by Gasteiger charge is -2.29. The van der Waals surface area contributed by atoms with Crippen molar-refractivity contribution in [3.8, 4) is 5.75 Å². The molecule has 3 aromatic rings. The third-order valence-electron chi connectivity index (χ3n) is 6.31. The minimum absolute atomic E-state index is 0.255. The Kier molecular flexibility index (Phi) is 4.94. The zero-order valence-electron chi connectivity index (χ0n) is 18.2. The van der Waals surface area contributed by atoms with Gasteiger partial charge in [0.2, 0.25) is 5.91 Å². The second-order valence-corrected chi connectivity index (χ2v) is 8.22. The number of amides is 2. The van der Waals surface area contributed by atoms with Crippen LogP contribution in [0.3, 0.4) is 0 Å². The molecule has 2 fully saturated rings. The fourth-order valence-electron chi connectivity index (χ4n) is 4.50. The van der Waals surface area contributed by atoms with Crippen molar-refractivity contribution in [1.82, 2.24) is 0 Å². The van der Waals surface area contributed by atoms with Gasteiger partial charge < -0.3 is 4.74 Å². The van der Waals surface area contributed by atoms with E-state index in [1.807, 2.05) is 86.6 Å². The molecule has 32 heavy (non-hydrogen) atoms. The molecule has 5 rings (SSSR count). The Bertz CT molecular complexity index is 1190. The molecule has 0 aromatic heterocycles. The highest BCUT2D eigenvalue weighted by Gasteiger charge is 2.60. The number of para-hydroxylation sites is 1. The molecule has 0 unspecified atom stereocenters. The molecule has 2 aliphatic rings. The van der Waals surface area contributed by atoms with Gasteiger partial charge in [0.25, 0.3) is 5.91 Å². The molecule has 0 radical (unpaired) electrons. The van der Waals surface area contributed by atoms with Gasteiger partial charge in [-0.05, 0) is 66.9 Å². The molecule has 2 amide bonds. The van der Waals surface area contributed by atoms with Crippen molar-refractivity contribution in [2.75, 3.05) is 17.1 Å². The van der Waals surface area contributed by atoms with Crippen LogP contribution < -0.4 is 14.7 Å². The first-order chi connectivity index (χ1) is 15.5. The number of hydroxylamine groups is 1. The van der Waals surface area contributed by atoms with Crippen LogP contribution in [0.15, 0.2) is 72.8 Å². The highest BCUT2D eigenvalue weighted by Crippen LogP contribution is 2.48. The Morgan fingerprint density at radius 2 is 1.59 bits per heavy atom. The number of anilines is 2. The number of imide groups is 1. The van der Waals surface area contributed by atoms with Gasteiger partial charge in [-0.2, -0.15) is 0 Å². The largest absolute Gasteiger partial charge is 0.497 e. The summed E-state index contributed by atoms with van der Waals surface area (Å²) in [4.78, 5) is 34.5. The molecule has 2 heterocycles. The number of rotatable bonds is 4. The first-order valence-corrected chi connectivity index (χ1v) is 10.6. The summed E-state index contributed by atoms with van der Waals surface area (Å²) < 4.78 is 5.41. The lowest BCUT2D eigenvalue weighted by atomic mass is 9.90. The van der Waals surface area contributed by atoms with Gasteiger partial charge in [0.05, 0.1) is 24.5 Å². The van der Waals surface area contributed by atoms with Crippen molar-refractivity contribution in [1.29, 1.82) is 0 Å². The number of hydrogen-bond acceptors (Lipinski definition) is 5. The van der Waals surface area contributed by atoms with Crippen LogP contribution in [0.25, 0.3) is 0 Å². The van der Waals surface area contributed by atoms with E-state index >= 15 is 0 Å². The highest BCUT2D eigenvalue weighted by molar-refractivity contribution is 6.24. The summed E-state index contributed by atoms with van der Waals surface area (Å²) in [5.41, 5.74) is 4.35. The molecule has 162 valence electrons. The van der Waals surface area contributed by atoms with Crippen LogP contribution in [0.5, 0.6) is 5.75 Å². The standard InChI is InChI=1S/C26H24N2O4/c1-16-12-13-20(14-17(16)2)27-25(29)22-23(18-8-7-11-21(15-18)31-3)28(32-24(22)26(27)30)19-9-5-4-6-10-19/h4-15,22-24H,1-3H3/t22-,23-,24+/m0/s1. The topological polar surface area (TPSA) is 59.1 Å². The Morgan fingerprint density at radius 1 is 0.812 bits per heavy atom. The van der Waals surface area contributed by atoms with Crippen molar-refractivity contribution in [3.63, 3.8) is 0 Å². The van der Waals surface area contributed by atoms with E-state index in [0.29, 0.717) is 11.4 Å². The van der Waals surface area contributed by atoms with E-state index in [0.717, 1.165) is 22.4 Å². The number of hydrogen-bond donors (Lipinski definition) is 0. The van der Waals surface area contributed by atoms with Crippen LogP contribution in [0, 0.1) is 19.8 Å². The molecule has 0 bridgehead atoms. The van der Waals surface area contributed by atoms with E-state index in [-0.39, 0.29) is 11.8 Å². The number of carbonyl (C=O) groups is 2. The fourth-order valence-corrected chi connectivity index (χ4v) is 4.50. The number of benzene rings is 3. The zero-order valence-corrected chi connectivity index (χ0v) is 18.2. The van der Waals surface area contributed by atoms with E-state index in [1.54, 1.807) is 12.2 Å². The summed E-state index contributed by atoms with van der Waals surface area (Å²) >= 11 is 0. The van der Waals surface area contributed by atoms with Gasteiger partial charge in [0.15, 0.2) is 6.10 Å². The first kappa shape index (κ1) is 20.3. The van der Waals surface area contributed by atoms with E-state index in [1.165, 1.54) is 4.90 Å². The van der Waals surface area contributed by atoms with Gasteiger partial charge in [0.1, 0.15) is 11.7 Å². The molecule has 0 aliphatic carbocycles. The van der Waals surface area contributed by atoms with Crippen LogP contribution in [-0.2, 0) is 14.4 Å². The lowest BCUT2D eigenvalue weighted by molar-refractivity contribution is -0.126. The van der Waals surface area contributed by atoms with Crippen molar-refractivity contribution in [2.45, 2.75) is 26.0 Å². The monoisotopic (exact) mass is 428 g/mol. The number of methoxy groups -OCH3 is 1. The molecule has 0 N–H and O–H groups in total. The van der Waals surface area contributed by atoms with Crippen LogP contribution in [0.1, 0.15) is 22.7 Å². The molecular weight excluding hydrogens is 404 g/mol. The Labute approximate surface area is 186 Å². The van der Waals surface area contributed by atoms with Crippen molar-refractivity contribution >= 4 is 23.2 Å². The SMILES string of the molecule is COc1cccc([C@H]2[C@@H]3C(=O)N(c4ccc(C)c(C)c4)C(=O)[C@@H]3ON2c2ccccc2)c1. The molecule has 2 aliphatic heterocycles. The Balaban J connectivity index is 1.59. The van der Waals surface area contributed by atoms with Crippen LogP contribution >= 0.6 is 0 Å². The second kappa shape index (κ2) is 7.80. The maximum absolute atomic E-state index is 13.7. The van der Waals surface area contributed by atoms with Crippen LogP contribution in [0.2, 0.25) is 0 Å². The van der Waals surface area contributed by atoms with E-state index < -0.39 is 18.1 Å². The van der Waals surface area contributed by atoms with Gasteiger partial charge in [-0.15, -0.1) is 0 Å². The minimum atomic E-state index is -0.888.